The lowest BCUT2D eigenvalue weighted by Crippen LogP contribution is -2.23. The largest absolute Gasteiger partial charge is 0.481 e. The van der Waals surface area contributed by atoms with E-state index in [0.717, 1.165) is 12.8 Å². The standard InChI is InChI=1S/C9H15ClO2/c10-6-8-4-2-1-3-7(8)5-9(11)12/h7-8H,1-6H2,(H,11,12). The Morgan fingerprint density at radius 1 is 1.33 bits per heavy atom. The summed E-state index contributed by atoms with van der Waals surface area (Å²) in [7, 11) is 0. The van der Waals surface area contributed by atoms with Crippen molar-refractivity contribution in [2.24, 2.45) is 11.8 Å². The van der Waals surface area contributed by atoms with Crippen LogP contribution in [0.3, 0.4) is 0 Å². The van der Waals surface area contributed by atoms with Crippen LogP contribution in [0.2, 0.25) is 0 Å². The fourth-order valence-electron chi connectivity index (χ4n) is 1.98. The lowest BCUT2D eigenvalue weighted by molar-refractivity contribution is -0.138. The first-order valence-corrected chi connectivity index (χ1v) is 5.05. The smallest absolute Gasteiger partial charge is 0.303 e. The first kappa shape index (κ1) is 9.85. The Kier molecular flexibility index (Phi) is 3.86. The minimum atomic E-state index is -0.683. The number of rotatable bonds is 3. The van der Waals surface area contributed by atoms with Crippen molar-refractivity contribution in [2.75, 3.05) is 5.88 Å². The molecule has 2 unspecified atom stereocenters. The van der Waals surface area contributed by atoms with E-state index in [-0.39, 0.29) is 0 Å². The minimum Gasteiger partial charge on any atom is -0.481 e. The SMILES string of the molecule is O=C(O)CC1CCCCC1CCl. The quantitative estimate of drug-likeness (QED) is 0.695. The van der Waals surface area contributed by atoms with Crippen molar-refractivity contribution in [2.45, 2.75) is 32.1 Å². The molecule has 1 N–H and O–H groups in total. The maximum absolute atomic E-state index is 10.5. The van der Waals surface area contributed by atoms with Crippen molar-refractivity contribution in [3.63, 3.8) is 0 Å². The van der Waals surface area contributed by atoms with Gasteiger partial charge in [-0.3, -0.25) is 4.79 Å². The maximum atomic E-state index is 10.5. The molecule has 1 aliphatic carbocycles. The molecule has 0 saturated heterocycles. The van der Waals surface area contributed by atoms with Crippen molar-refractivity contribution in [1.29, 1.82) is 0 Å². The lowest BCUT2D eigenvalue weighted by Gasteiger charge is -2.28. The second-order valence-corrected chi connectivity index (χ2v) is 3.87. The topological polar surface area (TPSA) is 37.3 Å². The monoisotopic (exact) mass is 190 g/mol. The highest BCUT2D eigenvalue weighted by molar-refractivity contribution is 6.18. The van der Waals surface area contributed by atoms with Crippen molar-refractivity contribution < 1.29 is 9.90 Å². The highest BCUT2D eigenvalue weighted by Crippen LogP contribution is 2.32. The summed E-state index contributed by atoms with van der Waals surface area (Å²) in [4.78, 5) is 10.5. The second kappa shape index (κ2) is 4.70. The molecule has 0 bridgehead atoms. The third-order valence-electron chi connectivity index (χ3n) is 2.70. The summed E-state index contributed by atoms with van der Waals surface area (Å²) in [6.45, 7) is 0. The second-order valence-electron chi connectivity index (χ2n) is 3.56. The Labute approximate surface area is 77.9 Å². The number of aliphatic carboxylic acids is 1. The Bertz CT molecular complexity index is 159. The zero-order valence-electron chi connectivity index (χ0n) is 7.13. The lowest BCUT2D eigenvalue weighted by atomic mass is 9.78. The van der Waals surface area contributed by atoms with E-state index in [1.807, 2.05) is 0 Å². The van der Waals surface area contributed by atoms with Crippen LogP contribution in [0.4, 0.5) is 0 Å². The Balaban J connectivity index is 2.41. The Morgan fingerprint density at radius 2 is 1.92 bits per heavy atom. The van der Waals surface area contributed by atoms with Gasteiger partial charge in [0.2, 0.25) is 0 Å². The summed E-state index contributed by atoms with van der Waals surface area (Å²) >= 11 is 5.77. The van der Waals surface area contributed by atoms with Gasteiger partial charge in [-0.2, -0.15) is 0 Å². The third-order valence-corrected chi connectivity index (χ3v) is 3.10. The van der Waals surface area contributed by atoms with Gasteiger partial charge in [0.1, 0.15) is 0 Å². The van der Waals surface area contributed by atoms with E-state index in [9.17, 15) is 4.79 Å². The summed E-state index contributed by atoms with van der Waals surface area (Å²) in [5.41, 5.74) is 0. The molecule has 0 aromatic rings. The molecule has 0 radical (unpaired) electrons. The van der Waals surface area contributed by atoms with Crippen molar-refractivity contribution >= 4 is 17.6 Å². The number of carbonyl (C=O) groups is 1. The number of hydrogen-bond donors (Lipinski definition) is 1. The van der Waals surface area contributed by atoms with Gasteiger partial charge < -0.3 is 5.11 Å². The molecule has 1 saturated carbocycles. The zero-order valence-corrected chi connectivity index (χ0v) is 7.89. The predicted octanol–water partition coefficient (Wildman–Crippen LogP) is 2.51. The number of hydrogen-bond acceptors (Lipinski definition) is 1. The molecule has 3 heteroatoms. The van der Waals surface area contributed by atoms with E-state index < -0.39 is 5.97 Å². The molecule has 1 aliphatic rings. The normalized spacial score (nSPS) is 30.1. The van der Waals surface area contributed by atoms with Gasteiger partial charge in [-0.05, 0) is 24.7 Å². The van der Waals surface area contributed by atoms with Crippen LogP contribution in [0, 0.1) is 11.8 Å². The molecule has 0 aliphatic heterocycles. The molecule has 0 heterocycles. The average molecular weight is 191 g/mol. The third kappa shape index (κ3) is 2.67. The van der Waals surface area contributed by atoms with Gasteiger partial charge in [0.05, 0.1) is 0 Å². The van der Waals surface area contributed by atoms with Crippen LogP contribution in [0.1, 0.15) is 32.1 Å². The molecule has 0 amide bonds. The van der Waals surface area contributed by atoms with Gasteiger partial charge in [-0.1, -0.05) is 12.8 Å². The van der Waals surface area contributed by atoms with E-state index in [1.165, 1.54) is 12.8 Å². The van der Waals surface area contributed by atoms with Gasteiger partial charge in [0, 0.05) is 12.3 Å². The van der Waals surface area contributed by atoms with Crippen LogP contribution in [-0.4, -0.2) is 17.0 Å². The Morgan fingerprint density at radius 3 is 2.42 bits per heavy atom. The van der Waals surface area contributed by atoms with Crippen LogP contribution < -0.4 is 0 Å². The van der Waals surface area contributed by atoms with Crippen molar-refractivity contribution in [3.05, 3.63) is 0 Å². The number of carboxylic acid groups (broad SMARTS) is 1. The fourth-order valence-corrected chi connectivity index (χ4v) is 2.39. The van der Waals surface area contributed by atoms with Gasteiger partial charge in [0.25, 0.3) is 0 Å². The van der Waals surface area contributed by atoms with E-state index >= 15 is 0 Å². The van der Waals surface area contributed by atoms with Gasteiger partial charge in [-0.25, -0.2) is 0 Å². The van der Waals surface area contributed by atoms with Gasteiger partial charge in [-0.15, -0.1) is 11.6 Å². The summed E-state index contributed by atoms with van der Waals surface area (Å²) in [6.07, 6.45) is 4.85. The van der Waals surface area contributed by atoms with Crippen LogP contribution in [-0.2, 0) is 4.79 Å². The summed E-state index contributed by atoms with van der Waals surface area (Å²) < 4.78 is 0. The molecule has 2 nitrogen and oxygen atoms in total. The fraction of sp³-hybridized carbons (Fsp3) is 0.889. The first-order valence-electron chi connectivity index (χ1n) is 4.51. The molecule has 1 fully saturated rings. The maximum Gasteiger partial charge on any atom is 0.303 e. The number of carboxylic acids is 1. The van der Waals surface area contributed by atoms with E-state index in [1.54, 1.807) is 0 Å². The van der Waals surface area contributed by atoms with E-state index in [4.69, 9.17) is 16.7 Å². The van der Waals surface area contributed by atoms with Crippen LogP contribution >= 0.6 is 11.6 Å². The molecule has 0 spiro atoms. The molecule has 70 valence electrons. The van der Waals surface area contributed by atoms with Crippen LogP contribution in [0.15, 0.2) is 0 Å². The van der Waals surface area contributed by atoms with Gasteiger partial charge in [0.15, 0.2) is 0 Å². The van der Waals surface area contributed by atoms with E-state index in [2.05, 4.69) is 0 Å². The first-order chi connectivity index (χ1) is 5.74. The molecule has 0 aromatic carbocycles. The average Bonchev–Trinajstić information content (AvgIpc) is 2.04. The number of halogens is 1. The summed E-state index contributed by atoms with van der Waals surface area (Å²) in [5.74, 6) is 0.708. The molecule has 2 atom stereocenters. The number of alkyl halides is 1. The van der Waals surface area contributed by atoms with Gasteiger partial charge >= 0.3 is 5.97 Å². The summed E-state index contributed by atoms with van der Waals surface area (Å²) in [6, 6.07) is 0. The minimum absolute atomic E-state index is 0.303. The van der Waals surface area contributed by atoms with Crippen molar-refractivity contribution in [3.8, 4) is 0 Å². The zero-order chi connectivity index (χ0) is 8.97. The van der Waals surface area contributed by atoms with Crippen LogP contribution in [0.5, 0.6) is 0 Å². The van der Waals surface area contributed by atoms with E-state index in [0.29, 0.717) is 24.1 Å². The molecular formula is C9H15ClO2. The predicted molar refractivity (Wildman–Crippen MR) is 48.4 cm³/mol. The highest BCUT2D eigenvalue weighted by Gasteiger charge is 2.25. The molecule has 0 aromatic heterocycles. The molecule has 1 rings (SSSR count). The highest BCUT2D eigenvalue weighted by atomic mass is 35.5. The van der Waals surface area contributed by atoms with Crippen molar-refractivity contribution in [1.82, 2.24) is 0 Å². The molecular weight excluding hydrogens is 176 g/mol. The summed E-state index contributed by atoms with van der Waals surface area (Å²) in [5, 5.41) is 8.64. The van der Waals surface area contributed by atoms with Crippen LogP contribution in [0.25, 0.3) is 0 Å². The molecule has 12 heavy (non-hydrogen) atoms. The Hall–Kier alpha value is -0.240.